The number of aromatic nitrogens is 3. The molecule has 2 aromatic heterocycles. The summed E-state index contributed by atoms with van der Waals surface area (Å²) in [5, 5.41) is 3.25. The molecule has 24 heavy (non-hydrogen) atoms. The Labute approximate surface area is 141 Å². The van der Waals surface area contributed by atoms with E-state index in [-0.39, 0.29) is 0 Å². The molecular weight excluding hydrogens is 302 g/mol. The van der Waals surface area contributed by atoms with Crippen LogP contribution in [0.1, 0.15) is 18.4 Å². The van der Waals surface area contributed by atoms with Gasteiger partial charge in [-0.2, -0.15) is 4.98 Å². The van der Waals surface area contributed by atoms with E-state index in [0.717, 1.165) is 30.0 Å². The smallest absolute Gasteiger partial charge is 0.183 e. The first-order chi connectivity index (χ1) is 11.7. The van der Waals surface area contributed by atoms with Crippen molar-refractivity contribution < 1.29 is 4.42 Å². The zero-order valence-electron chi connectivity index (χ0n) is 14.2. The van der Waals surface area contributed by atoms with Crippen LogP contribution in [0.5, 0.6) is 0 Å². The van der Waals surface area contributed by atoms with Crippen LogP contribution in [0.15, 0.2) is 47.2 Å². The molecular formula is C18H21N5O. The zero-order chi connectivity index (χ0) is 16.9. The summed E-state index contributed by atoms with van der Waals surface area (Å²) in [6.45, 7) is 2.76. The van der Waals surface area contributed by atoms with Gasteiger partial charge in [0.1, 0.15) is 11.6 Å². The second-order valence-corrected chi connectivity index (χ2v) is 5.77. The predicted molar refractivity (Wildman–Crippen MR) is 94.0 cm³/mol. The van der Waals surface area contributed by atoms with Crippen molar-refractivity contribution in [1.82, 2.24) is 19.9 Å². The highest BCUT2D eigenvalue weighted by atomic mass is 16.3. The number of oxazole rings is 1. The number of aryl methyl sites for hydroxylation is 1. The number of hydrogen-bond donors (Lipinski definition) is 1. The first-order valence-electron chi connectivity index (χ1n) is 7.93. The van der Waals surface area contributed by atoms with Crippen molar-refractivity contribution >= 4 is 11.6 Å². The maximum atomic E-state index is 5.37. The lowest BCUT2D eigenvalue weighted by atomic mass is 10.2. The lowest BCUT2D eigenvalue weighted by Crippen LogP contribution is -2.13. The molecule has 0 aliphatic carbocycles. The summed E-state index contributed by atoms with van der Waals surface area (Å²) in [7, 11) is 4.04. The number of hydrogen-bond acceptors (Lipinski definition) is 6. The number of nitrogens with one attached hydrogen (secondary N) is 1. The van der Waals surface area contributed by atoms with Crippen LogP contribution in [0, 0.1) is 0 Å². The molecule has 0 aliphatic rings. The first kappa shape index (κ1) is 16.1. The Balaban J connectivity index is 1.98. The molecule has 3 rings (SSSR count). The van der Waals surface area contributed by atoms with Crippen LogP contribution in [-0.4, -0.2) is 33.9 Å². The Bertz CT molecular complexity index is 798. The summed E-state index contributed by atoms with van der Waals surface area (Å²) in [6, 6.07) is 11.9. The third-order valence-electron chi connectivity index (χ3n) is 3.50. The minimum absolute atomic E-state index is 0.694. The quantitative estimate of drug-likeness (QED) is 0.749. The maximum absolute atomic E-state index is 5.37. The van der Waals surface area contributed by atoms with E-state index in [9.17, 15) is 0 Å². The molecule has 124 valence electrons. The van der Waals surface area contributed by atoms with Gasteiger partial charge >= 0.3 is 0 Å². The van der Waals surface area contributed by atoms with Crippen LogP contribution in [-0.2, 0) is 13.0 Å². The maximum Gasteiger partial charge on any atom is 0.183 e. The summed E-state index contributed by atoms with van der Waals surface area (Å²) in [5.41, 5.74) is 1.93. The van der Waals surface area contributed by atoms with Crippen molar-refractivity contribution in [1.29, 1.82) is 0 Å². The van der Waals surface area contributed by atoms with Gasteiger partial charge in [0.2, 0.25) is 0 Å². The van der Waals surface area contributed by atoms with E-state index in [4.69, 9.17) is 4.42 Å². The van der Waals surface area contributed by atoms with Gasteiger partial charge in [-0.15, -0.1) is 0 Å². The Morgan fingerprint density at radius 2 is 1.92 bits per heavy atom. The largest absolute Gasteiger partial charge is 0.446 e. The summed E-state index contributed by atoms with van der Waals surface area (Å²) < 4.78 is 5.37. The molecule has 0 fully saturated rings. The number of anilines is 2. The topological polar surface area (TPSA) is 67.1 Å². The van der Waals surface area contributed by atoms with Gasteiger partial charge in [-0.3, -0.25) is 0 Å². The van der Waals surface area contributed by atoms with Crippen LogP contribution in [0.3, 0.4) is 0 Å². The fourth-order valence-electron chi connectivity index (χ4n) is 2.43. The molecule has 0 bridgehead atoms. The van der Waals surface area contributed by atoms with Crippen molar-refractivity contribution in [3.8, 4) is 11.4 Å². The van der Waals surface area contributed by atoms with Crippen molar-refractivity contribution in [3.05, 3.63) is 54.2 Å². The first-order valence-corrected chi connectivity index (χ1v) is 7.93. The fraction of sp³-hybridized carbons (Fsp3) is 0.278. The normalized spacial score (nSPS) is 11.0. The third-order valence-corrected chi connectivity index (χ3v) is 3.50. The lowest BCUT2D eigenvalue weighted by Gasteiger charge is -2.12. The van der Waals surface area contributed by atoms with E-state index in [2.05, 4.69) is 25.2 Å². The minimum atomic E-state index is 0.694. The van der Waals surface area contributed by atoms with E-state index in [1.165, 1.54) is 6.39 Å². The highest BCUT2D eigenvalue weighted by Crippen LogP contribution is 2.22. The van der Waals surface area contributed by atoms with Crippen molar-refractivity contribution in [2.75, 3.05) is 19.4 Å². The standard InChI is InChI=1S/C18H21N5O/c1-4-15-18(19-12-24-15)22-16-10-14(11-23(2)3)20-17(21-16)13-8-6-5-7-9-13/h5-10,12H,4,11H2,1-3H3,(H,20,21,22). The predicted octanol–water partition coefficient (Wildman–Crippen LogP) is 3.50. The second kappa shape index (κ2) is 7.23. The van der Waals surface area contributed by atoms with Gasteiger partial charge in [0, 0.05) is 24.6 Å². The molecule has 1 aromatic carbocycles. The number of benzene rings is 1. The fourth-order valence-corrected chi connectivity index (χ4v) is 2.43. The third kappa shape index (κ3) is 3.78. The van der Waals surface area contributed by atoms with Gasteiger partial charge in [-0.05, 0) is 14.1 Å². The van der Waals surface area contributed by atoms with Crippen LogP contribution in [0.2, 0.25) is 0 Å². The molecule has 6 heteroatoms. The highest BCUT2D eigenvalue weighted by molar-refractivity contribution is 5.60. The van der Waals surface area contributed by atoms with E-state index in [1.807, 2.05) is 57.4 Å². The Kier molecular flexibility index (Phi) is 4.86. The van der Waals surface area contributed by atoms with Gasteiger partial charge in [0.15, 0.2) is 18.0 Å². The lowest BCUT2D eigenvalue weighted by molar-refractivity contribution is 0.397. The second-order valence-electron chi connectivity index (χ2n) is 5.77. The van der Waals surface area contributed by atoms with E-state index >= 15 is 0 Å². The molecule has 0 aliphatic heterocycles. The van der Waals surface area contributed by atoms with Gasteiger partial charge in [0.25, 0.3) is 0 Å². The van der Waals surface area contributed by atoms with Crippen molar-refractivity contribution in [2.45, 2.75) is 19.9 Å². The number of nitrogens with zero attached hydrogens (tertiary/aromatic N) is 4. The molecule has 0 spiro atoms. The van der Waals surface area contributed by atoms with Crippen molar-refractivity contribution in [3.63, 3.8) is 0 Å². The molecule has 0 radical (unpaired) electrons. The summed E-state index contributed by atoms with van der Waals surface area (Å²) >= 11 is 0. The highest BCUT2D eigenvalue weighted by Gasteiger charge is 2.11. The molecule has 3 aromatic rings. The van der Waals surface area contributed by atoms with E-state index in [0.29, 0.717) is 17.5 Å². The molecule has 0 amide bonds. The monoisotopic (exact) mass is 323 g/mol. The van der Waals surface area contributed by atoms with E-state index in [1.54, 1.807) is 0 Å². The SMILES string of the molecule is CCc1ocnc1Nc1cc(CN(C)C)nc(-c2ccccc2)n1. The molecule has 0 saturated heterocycles. The molecule has 2 heterocycles. The molecule has 0 unspecified atom stereocenters. The zero-order valence-corrected chi connectivity index (χ0v) is 14.2. The molecule has 1 N–H and O–H groups in total. The molecule has 0 saturated carbocycles. The average molecular weight is 323 g/mol. The number of rotatable bonds is 6. The average Bonchev–Trinajstić information content (AvgIpc) is 3.02. The Morgan fingerprint density at radius 1 is 1.12 bits per heavy atom. The Hall–Kier alpha value is -2.73. The van der Waals surface area contributed by atoms with Gasteiger partial charge in [-0.25, -0.2) is 9.97 Å². The van der Waals surface area contributed by atoms with Crippen LogP contribution in [0.25, 0.3) is 11.4 Å². The van der Waals surface area contributed by atoms with Gasteiger partial charge in [-0.1, -0.05) is 37.3 Å². The van der Waals surface area contributed by atoms with E-state index < -0.39 is 0 Å². The van der Waals surface area contributed by atoms with Crippen molar-refractivity contribution in [2.24, 2.45) is 0 Å². The van der Waals surface area contributed by atoms with Crippen LogP contribution in [0.4, 0.5) is 11.6 Å². The Morgan fingerprint density at radius 3 is 2.62 bits per heavy atom. The van der Waals surface area contributed by atoms with Gasteiger partial charge < -0.3 is 14.6 Å². The molecule has 6 nitrogen and oxygen atoms in total. The summed E-state index contributed by atoms with van der Waals surface area (Å²) in [5.74, 6) is 2.92. The van der Waals surface area contributed by atoms with Gasteiger partial charge in [0.05, 0.1) is 5.69 Å². The van der Waals surface area contributed by atoms with Crippen LogP contribution < -0.4 is 5.32 Å². The van der Waals surface area contributed by atoms with Crippen LogP contribution >= 0.6 is 0 Å². The summed E-state index contributed by atoms with van der Waals surface area (Å²) in [4.78, 5) is 15.6. The molecule has 0 atom stereocenters. The minimum Gasteiger partial charge on any atom is -0.446 e. The summed E-state index contributed by atoms with van der Waals surface area (Å²) in [6.07, 6.45) is 2.21.